The maximum absolute atomic E-state index is 12.4. The van der Waals surface area contributed by atoms with Crippen LogP contribution in [0.25, 0.3) is 10.8 Å². The van der Waals surface area contributed by atoms with Crippen molar-refractivity contribution in [2.24, 2.45) is 0 Å². The van der Waals surface area contributed by atoms with Gasteiger partial charge in [-0.15, -0.1) is 0 Å². The Morgan fingerprint density at radius 1 is 1.23 bits per heavy atom. The molecule has 0 aliphatic rings. The molecule has 0 bridgehead atoms. The summed E-state index contributed by atoms with van der Waals surface area (Å²) < 4.78 is 0. The second kappa shape index (κ2) is 7.17. The maximum Gasteiger partial charge on any atom is 0.326 e. The van der Waals surface area contributed by atoms with Crippen molar-refractivity contribution in [2.75, 3.05) is 17.7 Å². The van der Waals surface area contributed by atoms with E-state index in [1.165, 1.54) is 0 Å². The standard InChI is InChI=1S/C16H18N2O3S/c1-22-9-8-14(16(20)21)18-15(19)12-6-7-13(17)11-5-3-2-4-10(11)12/h2-7,14H,8-9,17H2,1H3,(H,18,19)(H,20,21)/t14-/m0/s1. The predicted molar refractivity (Wildman–Crippen MR) is 90.2 cm³/mol. The van der Waals surface area contributed by atoms with Gasteiger partial charge in [-0.25, -0.2) is 4.79 Å². The van der Waals surface area contributed by atoms with Crippen molar-refractivity contribution in [1.82, 2.24) is 5.32 Å². The normalized spacial score (nSPS) is 12.0. The Morgan fingerprint density at radius 2 is 1.91 bits per heavy atom. The van der Waals surface area contributed by atoms with Crippen molar-refractivity contribution >= 4 is 40.1 Å². The average Bonchev–Trinajstić information content (AvgIpc) is 2.51. The highest BCUT2D eigenvalue weighted by Gasteiger charge is 2.21. The van der Waals surface area contributed by atoms with E-state index in [2.05, 4.69) is 5.32 Å². The third-order valence-electron chi connectivity index (χ3n) is 3.42. The molecule has 0 fully saturated rings. The van der Waals surface area contributed by atoms with Gasteiger partial charge in [0.15, 0.2) is 0 Å². The van der Waals surface area contributed by atoms with Gasteiger partial charge in [0.25, 0.3) is 5.91 Å². The highest BCUT2D eigenvalue weighted by molar-refractivity contribution is 7.98. The molecule has 2 aromatic carbocycles. The molecule has 0 heterocycles. The minimum absolute atomic E-state index is 0.384. The molecule has 0 aliphatic heterocycles. The maximum atomic E-state index is 12.4. The molecular weight excluding hydrogens is 300 g/mol. The van der Waals surface area contributed by atoms with E-state index in [0.717, 1.165) is 5.39 Å². The van der Waals surface area contributed by atoms with Crippen molar-refractivity contribution in [3.8, 4) is 0 Å². The van der Waals surface area contributed by atoms with E-state index in [1.807, 2.05) is 24.5 Å². The minimum atomic E-state index is -1.03. The zero-order valence-corrected chi connectivity index (χ0v) is 13.0. The SMILES string of the molecule is CSCC[C@H](NC(=O)c1ccc(N)c2ccccc12)C(=O)O. The number of hydrogen-bond acceptors (Lipinski definition) is 4. The molecule has 0 aromatic heterocycles. The number of thioether (sulfide) groups is 1. The van der Waals surface area contributed by atoms with Gasteiger partial charge in [0, 0.05) is 16.6 Å². The first-order valence-corrected chi connectivity index (χ1v) is 8.23. The van der Waals surface area contributed by atoms with Gasteiger partial charge < -0.3 is 16.2 Å². The summed E-state index contributed by atoms with van der Waals surface area (Å²) >= 11 is 1.54. The van der Waals surface area contributed by atoms with Crippen LogP contribution < -0.4 is 11.1 Å². The Balaban J connectivity index is 2.29. The number of carboxylic acids is 1. The topological polar surface area (TPSA) is 92.4 Å². The molecule has 2 aromatic rings. The molecule has 0 spiro atoms. The van der Waals surface area contributed by atoms with Gasteiger partial charge in [0.05, 0.1) is 0 Å². The number of carbonyl (C=O) groups excluding carboxylic acids is 1. The van der Waals surface area contributed by atoms with Crippen LogP contribution in [0.3, 0.4) is 0 Å². The lowest BCUT2D eigenvalue weighted by atomic mass is 10.0. The molecule has 5 nitrogen and oxygen atoms in total. The van der Waals surface area contributed by atoms with E-state index >= 15 is 0 Å². The molecule has 0 radical (unpaired) electrons. The first-order valence-electron chi connectivity index (χ1n) is 6.84. The zero-order chi connectivity index (χ0) is 16.1. The summed E-state index contributed by atoms with van der Waals surface area (Å²) in [5.41, 5.74) is 6.93. The number of aliphatic carboxylic acids is 1. The third-order valence-corrected chi connectivity index (χ3v) is 4.06. The number of nitrogens with one attached hydrogen (secondary N) is 1. The summed E-state index contributed by atoms with van der Waals surface area (Å²) in [7, 11) is 0. The Labute approximate surface area is 132 Å². The number of rotatable bonds is 6. The number of fused-ring (bicyclic) bond motifs is 1. The Bertz CT molecular complexity index is 703. The smallest absolute Gasteiger partial charge is 0.326 e. The average molecular weight is 318 g/mol. The number of nitrogens with two attached hydrogens (primary N) is 1. The highest BCUT2D eigenvalue weighted by atomic mass is 32.2. The minimum Gasteiger partial charge on any atom is -0.480 e. The molecule has 116 valence electrons. The van der Waals surface area contributed by atoms with E-state index in [9.17, 15) is 14.7 Å². The van der Waals surface area contributed by atoms with Gasteiger partial charge in [-0.2, -0.15) is 11.8 Å². The molecule has 0 aliphatic carbocycles. The van der Waals surface area contributed by atoms with E-state index in [4.69, 9.17) is 5.73 Å². The number of benzene rings is 2. The molecule has 0 saturated carbocycles. The fourth-order valence-electron chi connectivity index (χ4n) is 2.25. The monoisotopic (exact) mass is 318 g/mol. The molecule has 6 heteroatoms. The summed E-state index contributed by atoms with van der Waals surface area (Å²) in [4.78, 5) is 23.7. The van der Waals surface area contributed by atoms with Crippen LogP contribution in [0.5, 0.6) is 0 Å². The van der Waals surface area contributed by atoms with Crippen molar-refractivity contribution in [3.63, 3.8) is 0 Å². The number of carboxylic acid groups (broad SMARTS) is 1. The molecule has 0 unspecified atom stereocenters. The van der Waals surface area contributed by atoms with E-state index in [1.54, 1.807) is 30.0 Å². The van der Waals surface area contributed by atoms with E-state index in [-0.39, 0.29) is 0 Å². The van der Waals surface area contributed by atoms with Crippen molar-refractivity contribution in [2.45, 2.75) is 12.5 Å². The summed E-state index contributed by atoms with van der Waals surface area (Å²) in [6.07, 6.45) is 2.28. The second-order valence-electron chi connectivity index (χ2n) is 4.89. The Kier molecular flexibility index (Phi) is 5.27. The van der Waals surface area contributed by atoms with Gasteiger partial charge in [-0.1, -0.05) is 24.3 Å². The van der Waals surface area contributed by atoms with Gasteiger partial charge in [0.1, 0.15) is 6.04 Å². The van der Waals surface area contributed by atoms with Gasteiger partial charge in [-0.05, 0) is 35.9 Å². The van der Waals surface area contributed by atoms with Crippen LogP contribution in [0.1, 0.15) is 16.8 Å². The lowest BCUT2D eigenvalue weighted by Gasteiger charge is -2.15. The molecule has 2 rings (SSSR count). The third kappa shape index (κ3) is 3.51. The van der Waals surface area contributed by atoms with Crippen LogP contribution in [-0.2, 0) is 4.79 Å². The quantitative estimate of drug-likeness (QED) is 0.711. The van der Waals surface area contributed by atoms with Gasteiger partial charge in [-0.3, -0.25) is 4.79 Å². The summed E-state index contributed by atoms with van der Waals surface area (Å²) in [5.74, 6) is -0.758. The number of carbonyl (C=O) groups is 2. The predicted octanol–water partition coefficient (Wildman–Crippen LogP) is 2.36. The van der Waals surface area contributed by atoms with Gasteiger partial charge >= 0.3 is 5.97 Å². The Morgan fingerprint density at radius 3 is 2.55 bits per heavy atom. The number of nitrogen functional groups attached to an aromatic ring is 1. The number of hydrogen-bond donors (Lipinski definition) is 3. The highest BCUT2D eigenvalue weighted by Crippen LogP contribution is 2.24. The first-order chi connectivity index (χ1) is 10.5. The molecule has 1 amide bonds. The van der Waals surface area contributed by atoms with Crippen molar-refractivity contribution in [1.29, 1.82) is 0 Å². The van der Waals surface area contributed by atoms with Crippen LogP contribution in [-0.4, -0.2) is 35.0 Å². The lowest BCUT2D eigenvalue weighted by Crippen LogP contribution is -2.41. The van der Waals surface area contributed by atoms with Crippen LogP contribution >= 0.6 is 11.8 Å². The summed E-state index contributed by atoms with van der Waals surface area (Å²) in [6.45, 7) is 0. The van der Waals surface area contributed by atoms with E-state index < -0.39 is 17.9 Å². The van der Waals surface area contributed by atoms with Crippen LogP contribution in [0.15, 0.2) is 36.4 Å². The number of anilines is 1. The molecular formula is C16H18N2O3S. The molecule has 1 atom stereocenters. The van der Waals surface area contributed by atoms with Crippen molar-refractivity contribution in [3.05, 3.63) is 42.0 Å². The molecule has 0 saturated heterocycles. The zero-order valence-electron chi connectivity index (χ0n) is 12.2. The van der Waals surface area contributed by atoms with Crippen LogP contribution in [0.2, 0.25) is 0 Å². The lowest BCUT2D eigenvalue weighted by molar-refractivity contribution is -0.139. The number of amides is 1. The van der Waals surface area contributed by atoms with Crippen LogP contribution in [0.4, 0.5) is 5.69 Å². The van der Waals surface area contributed by atoms with Crippen molar-refractivity contribution < 1.29 is 14.7 Å². The molecule has 22 heavy (non-hydrogen) atoms. The van der Waals surface area contributed by atoms with Crippen LogP contribution in [0, 0.1) is 0 Å². The molecule has 4 N–H and O–H groups in total. The van der Waals surface area contributed by atoms with E-state index in [0.29, 0.717) is 28.8 Å². The fraction of sp³-hybridized carbons (Fsp3) is 0.250. The van der Waals surface area contributed by atoms with Gasteiger partial charge in [0.2, 0.25) is 0 Å². The second-order valence-corrected chi connectivity index (χ2v) is 5.88. The Hall–Kier alpha value is -2.21. The first kappa shape index (κ1) is 16.2. The summed E-state index contributed by atoms with van der Waals surface area (Å²) in [6, 6.07) is 9.70. The summed E-state index contributed by atoms with van der Waals surface area (Å²) in [5, 5.41) is 13.3. The largest absolute Gasteiger partial charge is 0.480 e. The fourth-order valence-corrected chi connectivity index (χ4v) is 2.72.